The molecule has 2 N–H and O–H groups in total. The topological polar surface area (TPSA) is 78.4 Å². The summed E-state index contributed by atoms with van der Waals surface area (Å²) >= 11 is 0. The maximum Gasteiger partial charge on any atom is 0.433 e. The summed E-state index contributed by atoms with van der Waals surface area (Å²) in [6, 6.07) is 25.0. The molecule has 0 fully saturated rings. The van der Waals surface area contributed by atoms with Crippen LogP contribution in [0.5, 0.6) is 11.5 Å². The molecule has 0 aliphatic carbocycles. The number of aromatic nitrogens is 3. The van der Waals surface area contributed by atoms with Crippen molar-refractivity contribution in [2.24, 2.45) is 4.99 Å². The highest BCUT2D eigenvalue weighted by molar-refractivity contribution is 5.71. The third kappa shape index (κ3) is 6.43. The van der Waals surface area contributed by atoms with Crippen LogP contribution in [-0.4, -0.2) is 35.4 Å². The number of halogens is 3. The number of nitrogens with zero attached hydrogens (tertiary/aromatic N) is 4. The van der Waals surface area contributed by atoms with E-state index in [9.17, 15) is 13.2 Å². The third-order valence-electron chi connectivity index (χ3n) is 6.63. The van der Waals surface area contributed by atoms with Gasteiger partial charge < -0.3 is 19.9 Å². The fraction of sp³-hybridized carbons (Fsp3) is 0.156. The molecule has 2 heterocycles. The molecule has 3 aromatic carbocycles. The second-order valence-corrected chi connectivity index (χ2v) is 9.55. The minimum atomic E-state index is -4.62. The van der Waals surface area contributed by atoms with Gasteiger partial charge in [0.1, 0.15) is 28.6 Å². The van der Waals surface area contributed by atoms with Crippen LogP contribution < -0.4 is 15.0 Å². The van der Waals surface area contributed by atoms with Crippen LogP contribution in [-0.2, 0) is 12.6 Å². The number of nitrogens with one attached hydrogen (secondary N) is 2. The summed E-state index contributed by atoms with van der Waals surface area (Å²) in [4.78, 5) is 17.1. The van der Waals surface area contributed by atoms with E-state index < -0.39 is 11.9 Å². The summed E-state index contributed by atoms with van der Waals surface area (Å²) in [5, 5.41) is 3.42. The Morgan fingerprint density at radius 2 is 1.76 bits per heavy atom. The minimum Gasteiger partial charge on any atom is -0.457 e. The van der Waals surface area contributed by atoms with Crippen LogP contribution in [0.1, 0.15) is 18.2 Å². The van der Waals surface area contributed by atoms with Crippen LogP contribution in [0, 0.1) is 0 Å². The molecule has 0 saturated carbocycles. The van der Waals surface area contributed by atoms with Gasteiger partial charge in [-0.3, -0.25) is 9.98 Å². The average Bonchev–Trinajstić information content (AvgIpc) is 3.47. The van der Waals surface area contributed by atoms with E-state index in [1.165, 1.54) is 17.8 Å². The Kier molecular flexibility index (Phi) is 8.24. The molecular formula is C32H29F3N6O. The molecule has 0 saturated heterocycles. The van der Waals surface area contributed by atoms with E-state index in [1.54, 1.807) is 48.5 Å². The van der Waals surface area contributed by atoms with Crippen molar-refractivity contribution >= 4 is 23.8 Å². The van der Waals surface area contributed by atoms with Gasteiger partial charge in [0.25, 0.3) is 0 Å². The first-order valence-electron chi connectivity index (χ1n) is 13.3. The molecule has 42 heavy (non-hydrogen) atoms. The molecule has 5 aromatic rings. The summed E-state index contributed by atoms with van der Waals surface area (Å²) in [5.74, 6) is 0.838. The molecule has 10 heteroatoms. The highest BCUT2D eigenvalue weighted by Gasteiger charge is 2.37. The lowest BCUT2D eigenvalue weighted by Crippen LogP contribution is -2.24. The van der Waals surface area contributed by atoms with Gasteiger partial charge in [-0.2, -0.15) is 13.2 Å². The molecule has 0 aliphatic heterocycles. The van der Waals surface area contributed by atoms with Crippen molar-refractivity contribution in [3.05, 3.63) is 102 Å². The Labute approximate surface area is 241 Å². The second kappa shape index (κ2) is 12.2. The number of aromatic amines is 1. The molecular weight excluding hydrogens is 541 g/mol. The van der Waals surface area contributed by atoms with E-state index in [0.29, 0.717) is 29.4 Å². The lowest BCUT2D eigenvalue weighted by atomic mass is 10.1. The van der Waals surface area contributed by atoms with Gasteiger partial charge in [-0.15, -0.1) is 0 Å². The molecule has 0 unspecified atom stereocenters. The average molecular weight is 571 g/mol. The van der Waals surface area contributed by atoms with Crippen molar-refractivity contribution in [3.63, 3.8) is 0 Å². The van der Waals surface area contributed by atoms with Crippen molar-refractivity contribution in [1.29, 1.82) is 0 Å². The highest BCUT2D eigenvalue weighted by Crippen LogP contribution is 2.38. The number of anilines is 2. The van der Waals surface area contributed by atoms with Crippen molar-refractivity contribution in [2.75, 3.05) is 23.9 Å². The Hall–Kier alpha value is -5.12. The summed E-state index contributed by atoms with van der Waals surface area (Å²) in [5.41, 5.74) is 3.15. The van der Waals surface area contributed by atoms with Gasteiger partial charge in [0.2, 0.25) is 0 Å². The van der Waals surface area contributed by atoms with E-state index in [1.807, 2.05) is 30.1 Å². The Bertz CT molecular complexity index is 1680. The zero-order valence-corrected chi connectivity index (χ0v) is 23.1. The Balaban J connectivity index is 1.35. The summed E-state index contributed by atoms with van der Waals surface area (Å²) in [7, 11) is 1.94. The third-order valence-corrected chi connectivity index (χ3v) is 6.63. The molecule has 0 spiro atoms. The monoisotopic (exact) mass is 570 g/mol. The molecule has 214 valence electrons. The Morgan fingerprint density at radius 1 is 0.976 bits per heavy atom. The summed E-state index contributed by atoms with van der Waals surface area (Å²) < 4.78 is 47.5. The summed E-state index contributed by atoms with van der Waals surface area (Å²) in [6.07, 6.45) is -2.21. The van der Waals surface area contributed by atoms with Crippen molar-refractivity contribution < 1.29 is 17.9 Å². The fourth-order valence-corrected chi connectivity index (χ4v) is 4.46. The number of H-pyrrole nitrogens is 1. The summed E-state index contributed by atoms with van der Waals surface area (Å²) in [6.45, 7) is 6.36. The number of hydrogen-bond acceptors (Lipinski definition) is 6. The van der Waals surface area contributed by atoms with Crippen LogP contribution in [0.15, 0.2) is 96.1 Å². The predicted octanol–water partition coefficient (Wildman–Crippen LogP) is 8.35. The Morgan fingerprint density at radius 3 is 2.50 bits per heavy atom. The number of ether oxygens (including phenoxy) is 1. The van der Waals surface area contributed by atoms with Crippen LogP contribution in [0.25, 0.3) is 22.8 Å². The number of imidazole rings is 1. The highest BCUT2D eigenvalue weighted by atomic mass is 19.4. The molecule has 7 nitrogen and oxygen atoms in total. The van der Waals surface area contributed by atoms with Crippen molar-refractivity contribution in [2.45, 2.75) is 19.5 Å². The van der Waals surface area contributed by atoms with Gasteiger partial charge in [0, 0.05) is 36.6 Å². The standard InChI is InChI=1S/C32H29F3N6O/c1-4-21-9-8-12-23(17-21)38-20-41(3)28-14-13-24(18-26(28)36-2)42-25-15-16-37-27(19-25)31-39-29(22-10-6-5-7-11-22)30(40-31)32(33,34)35/h5-19,38H,2,4,20H2,1,3H3,(H,39,40). The number of aryl methyl sites for hydroxylation is 1. The fourth-order valence-electron chi connectivity index (χ4n) is 4.46. The van der Waals surface area contributed by atoms with Crippen LogP contribution >= 0.6 is 0 Å². The lowest BCUT2D eigenvalue weighted by molar-refractivity contribution is -0.140. The minimum absolute atomic E-state index is 0.0194. The number of rotatable bonds is 10. The smallest absolute Gasteiger partial charge is 0.433 e. The van der Waals surface area contributed by atoms with Crippen LogP contribution in [0.4, 0.5) is 30.2 Å². The van der Waals surface area contributed by atoms with Gasteiger partial charge in [0.05, 0.1) is 18.0 Å². The van der Waals surface area contributed by atoms with Crippen molar-refractivity contribution in [1.82, 2.24) is 15.0 Å². The second-order valence-electron chi connectivity index (χ2n) is 9.55. The van der Waals surface area contributed by atoms with E-state index >= 15 is 0 Å². The number of pyridine rings is 1. The maximum atomic E-state index is 13.8. The van der Waals surface area contributed by atoms with Crippen LogP contribution in [0.3, 0.4) is 0 Å². The first-order chi connectivity index (χ1) is 20.2. The quantitative estimate of drug-likeness (QED) is 0.130. The van der Waals surface area contributed by atoms with Gasteiger partial charge in [-0.05, 0) is 49.0 Å². The number of aliphatic imine (C=N–C) groups is 1. The molecule has 5 rings (SSSR count). The zero-order chi connectivity index (χ0) is 29.7. The first-order valence-corrected chi connectivity index (χ1v) is 13.3. The number of hydrogen-bond donors (Lipinski definition) is 2. The number of alkyl halides is 3. The molecule has 2 aromatic heterocycles. The largest absolute Gasteiger partial charge is 0.457 e. The van der Waals surface area contributed by atoms with Gasteiger partial charge >= 0.3 is 6.18 Å². The van der Waals surface area contributed by atoms with Gasteiger partial charge in [0.15, 0.2) is 5.82 Å². The molecule has 0 atom stereocenters. The van der Waals surface area contributed by atoms with E-state index in [-0.39, 0.29) is 17.2 Å². The van der Waals surface area contributed by atoms with Crippen LogP contribution in [0.2, 0.25) is 0 Å². The van der Waals surface area contributed by atoms with E-state index in [4.69, 9.17) is 4.74 Å². The zero-order valence-electron chi connectivity index (χ0n) is 23.1. The van der Waals surface area contributed by atoms with Gasteiger partial charge in [-0.1, -0.05) is 49.4 Å². The molecule has 0 aliphatic rings. The number of benzene rings is 3. The van der Waals surface area contributed by atoms with E-state index in [2.05, 4.69) is 51.0 Å². The normalized spacial score (nSPS) is 11.3. The lowest BCUT2D eigenvalue weighted by Gasteiger charge is -2.22. The molecule has 0 radical (unpaired) electrons. The van der Waals surface area contributed by atoms with Crippen molar-refractivity contribution in [3.8, 4) is 34.3 Å². The first kappa shape index (κ1) is 28.4. The molecule has 0 amide bonds. The maximum absolute atomic E-state index is 13.8. The SMILES string of the molecule is C=Nc1cc(Oc2ccnc(-c3nc(-c4ccccc4)c(C(F)(F)F)[nH]3)c2)ccc1N(C)CNc1cccc(CC)c1. The molecule has 0 bridgehead atoms. The predicted molar refractivity (Wildman–Crippen MR) is 161 cm³/mol. The van der Waals surface area contributed by atoms with E-state index in [0.717, 1.165) is 17.8 Å². The van der Waals surface area contributed by atoms with Gasteiger partial charge in [-0.25, -0.2) is 4.98 Å².